The van der Waals surface area contributed by atoms with Crippen LogP contribution in [-0.4, -0.2) is 8.42 Å². The van der Waals surface area contributed by atoms with Crippen molar-refractivity contribution in [1.82, 2.24) is 0 Å². The lowest BCUT2D eigenvalue weighted by Crippen LogP contribution is -2.06. The van der Waals surface area contributed by atoms with E-state index in [1.54, 1.807) is 37.3 Å². The van der Waals surface area contributed by atoms with Gasteiger partial charge >= 0.3 is 0 Å². The van der Waals surface area contributed by atoms with Crippen LogP contribution in [0.2, 0.25) is 10.0 Å². The van der Waals surface area contributed by atoms with Gasteiger partial charge in [-0.25, -0.2) is 8.42 Å². The third-order valence-electron chi connectivity index (χ3n) is 2.94. The highest BCUT2D eigenvalue weighted by Gasteiger charge is 2.16. The average molecular weight is 330 g/mol. The highest BCUT2D eigenvalue weighted by atomic mass is 35.5. The fourth-order valence-corrected chi connectivity index (χ4v) is 3.51. The number of aryl methyl sites for hydroxylation is 1. The van der Waals surface area contributed by atoms with Gasteiger partial charge in [0.05, 0.1) is 20.7 Å². The number of rotatable bonds is 3. The van der Waals surface area contributed by atoms with E-state index in [9.17, 15) is 8.42 Å². The maximum Gasteiger partial charge on any atom is 0.182 e. The van der Waals surface area contributed by atoms with Crippen LogP contribution in [0, 0.1) is 6.92 Å². The van der Waals surface area contributed by atoms with Crippen LogP contribution in [0.4, 0.5) is 5.69 Å². The highest BCUT2D eigenvalue weighted by molar-refractivity contribution is 7.90. The first-order valence-corrected chi connectivity index (χ1v) is 8.23. The predicted octanol–water partition coefficient (Wildman–Crippen LogP) is 3.86. The van der Waals surface area contributed by atoms with E-state index in [4.69, 9.17) is 28.9 Å². The van der Waals surface area contributed by atoms with Gasteiger partial charge in [0.2, 0.25) is 0 Å². The van der Waals surface area contributed by atoms with Crippen LogP contribution in [0.1, 0.15) is 11.1 Å². The molecule has 2 aromatic rings. The van der Waals surface area contributed by atoms with Crippen molar-refractivity contribution >= 4 is 38.7 Å². The van der Waals surface area contributed by atoms with Gasteiger partial charge in [0.15, 0.2) is 9.84 Å². The zero-order chi connectivity index (χ0) is 14.9. The van der Waals surface area contributed by atoms with E-state index >= 15 is 0 Å². The van der Waals surface area contributed by atoms with Gasteiger partial charge in [-0.05, 0) is 48.4 Å². The number of nitrogens with two attached hydrogens (primary N) is 1. The summed E-state index contributed by atoms with van der Waals surface area (Å²) in [6, 6.07) is 9.47. The first-order chi connectivity index (χ1) is 9.29. The van der Waals surface area contributed by atoms with Crippen LogP contribution >= 0.6 is 23.2 Å². The summed E-state index contributed by atoms with van der Waals surface area (Å²) < 4.78 is 24.7. The molecule has 0 aromatic heterocycles. The molecule has 0 saturated carbocycles. The van der Waals surface area contributed by atoms with E-state index in [0.717, 1.165) is 5.56 Å². The number of benzene rings is 2. The maximum absolute atomic E-state index is 12.3. The Balaban J connectivity index is 2.35. The lowest BCUT2D eigenvalue weighted by molar-refractivity contribution is 0.595. The number of nitrogen functional groups attached to an aromatic ring is 1. The second kappa shape index (κ2) is 5.64. The molecule has 2 N–H and O–H groups in total. The summed E-state index contributed by atoms with van der Waals surface area (Å²) in [6.07, 6.45) is 0. The van der Waals surface area contributed by atoms with Crippen molar-refractivity contribution in [2.45, 2.75) is 17.6 Å². The van der Waals surface area contributed by atoms with Crippen molar-refractivity contribution in [3.8, 4) is 0 Å². The fourth-order valence-electron chi connectivity index (χ4n) is 1.77. The summed E-state index contributed by atoms with van der Waals surface area (Å²) in [5, 5.41) is 0.740. The highest BCUT2D eigenvalue weighted by Crippen LogP contribution is 2.26. The SMILES string of the molecule is Cc1cc(S(=O)(=O)Cc2ccc(Cl)c(Cl)c2)ccc1N. The summed E-state index contributed by atoms with van der Waals surface area (Å²) in [5.74, 6) is -0.132. The van der Waals surface area contributed by atoms with Crippen molar-refractivity contribution in [3.05, 3.63) is 57.6 Å². The van der Waals surface area contributed by atoms with Gasteiger partial charge in [0.1, 0.15) is 0 Å². The minimum atomic E-state index is -3.44. The molecule has 0 unspecified atom stereocenters. The molecule has 0 atom stereocenters. The molecular formula is C14H13Cl2NO2S. The summed E-state index contributed by atoms with van der Waals surface area (Å²) in [7, 11) is -3.44. The topological polar surface area (TPSA) is 60.2 Å². The number of anilines is 1. The zero-order valence-electron chi connectivity index (χ0n) is 10.7. The molecule has 0 spiro atoms. The molecule has 0 bridgehead atoms. The van der Waals surface area contributed by atoms with Gasteiger partial charge in [0, 0.05) is 5.69 Å². The molecule has 3 nitrogen and oxygen atoms in total. The molecule has 0 aliphatic heterocycles. The molecule has 0 amide bonds. The van der Waals surface area contributed by atoms with E-state index in [-0.39, 0.29) is 10.6 Å². The number of hydrogen-bond acceptors (Lipinski definition) is 3. The number of hydrogen-bond donors (Lipinski definition) is 1. The molecule has 2 rings (SSSR count). The molecule has 0 heterocycles. The molecule has 0 saturated heterocycles. The van der Waals surface area contributed by atoms with E-state index in [1.165, 1.54) is 6.07 Å². The second-order valence-electron chi connectivity index (χ2n) is 4.53. The minimum Gasteiger partial charge on any atom is -0.399 e. The number of sulfone groups is 1. The van der Waals surface area contributed by atoms with Gasteiger partial charge < -0.3 is 5.73 Å². The largest absolute Gasteiger partial charge is 0.399 e. The van der Waals surface area contributed by atoms with Crippen molar-refractivity contribution in [2.24, 2.45) is 0 Å². The molecule has 2 aromatic carbocycles. The van der Waals surface area contributed by atoms with Crippen molar-refractivity contribution in [3.63, 3.8) is 0 Å². The summed E-state index contributed by atoms with van der Waals surface area (Å²) in [6.45, 7) is 1.77. The quantitative estimate of drug-likeness (QED) is 0.870. The lowest BCUT2D eigenvalue weighted by atomic mass is 10.2. The molecule has 6 heteroatoms. The molecule has 0 aliphatic rings. The molecule has 0 fully saturated rings. The zero-order valence-corrected chi connectivity index (χ0v) is 13.1. The van der Waals surface area contributed by atoms with Crippen LogP contribution in [0.15, 0.2) is 41.3 Å². The van der Waals surface area contributed by atoms with Gasteiger partial charge in [-0.3, -0.25) is 0 Å². The van der Waals surface area contributed by atoms with E-state index in [1.807, 2.05) is 0 Å². The van der Waals surface area contributed by atoms with Crippen LogP contribution in [0.3, 0.4) is 0 Å². The molecule has 0 aliphatic carbocycles. The summed E-state index contributed by atoms with van der Waals surface area (Å²) in [5.41, 5.74) is 7.59. The average Bonchev–Trinajstić information content (AvgIpc) is 2.37. The molecule has 106 valence electrons. The maximum atomic E-state index is 12.3. The third-order valence-corrected chi connectivity index (χ3v) is 5.37. The Morgan fingerprint density at radius 2 is 1.75 bits per heavy atom. The van der Waals surface area contributed by atoms with Crippen molar-refractivity contribution in [2.75, 3.05) is 5.73 Å². The summed E-state index contributed by atoms with van der Waals surface area (Å²) in [4.78, 5) is 0.246. The Morgan fingerprint density at radius 1 is 1.05 bits per heavy atom. The fraction of sp³-hybridized carbons (Fsp3) is 0.143. The normalized spacial score (nSPS) is 11.6. The first-order valence-electron chi connectivity index (χ1n) is 5.82. The lowest BCUT2D eigenvalue weighted by Gasteiger charge is -2.08. The van der Waals surface area contributed by atoms with Crippen LogP contribution < -0.4 is 5.73 Å². The van der Waals surface area contributed by atoms with Crippen LogP contribution in [0.25, 0.3) is 0 Å². The predicted molar refractivity (Wildman–Crippen MR) is 82.9 cm³/mol. The Hall–Kier alpha value is -1.23. The van der Waals surface area contributed by atoms with Gasteiger partial charge in [0.25, 0.3) is 0 Å². The summed E-state index contributed by atoms with van der Waals surface area (Å²) >= 11 is 11.7. The Kier molecular flexibility index (Phi) is 4.28. The van der Waals surface area contributed by atoms with E-state index in [2.05, 4.69) is 0 Å². The van der Waals surface area contributed by atoms with Crippen molar-refractivity contribution in [1.29, 1.82) is 0 Å². The Morgan fingerprint density at radius 3 is 2.35 bits per heavy atom. The van der Waals surface area contributed by atoms with Crippen molar-refractivity contribution < 1.29 is 8.42 Å². The van der Waals surface area contributed by atoms with Crippen LogP contribution in [-0.2, 0) is 15.6 Å². The third kappa shape index (κ3) is 3.26. The standard InChI is InChI=1S/C14H13Cl2NO2S/c1-9-6-11(3-5-14(9)17)20(18,19)8-10-2-4-12(15)13(16)7-10/h2-7H,8,17H2,1H3. The monoisotopic (exact) mass is 329 g/mol. The Bertz CT molecular complexity index is 758. The second-order valence-corrected chi connectivity index (χ2v) is 7.33. The minimum absolute atomic E-state index is 0.132. The first kappa shape index (κ1) is 15.2. The Labute approximate surface area is 128 Å². The van der Waals surface area contributed by atoms with Crippen LogP contribution in [0.5, 0.6) is 0 Å². The van der Waals surface area contributed by atoms with E-state index < -0.39 is 9.84 Å². The smallest absolute Gasteiger partial charge is 0.182 e. The van der Waals surface area contributed by atoms with Gasteiger partial charge in [-0.15, -0.1) is 0 Å². The molecular weight excluding hydrogens is 317 g/mol. The molecule has 0 radical (unpaired) electrons. The van der Waals surface area contributed by atoms with Gasteiger partial charge in [-0.2, -0.15) is 0 Å². The number of halogens is 2. The van der Waals surface area contributed by atoms with Gasteiger partial charge in [-0.1, -0.05) is 29.3 Å². The molecule has 20 heavy (non-hydrogen) atoms. The van der Waals surface area contributed by atoms with E-state index in [0.29, 0.717) is 21.3 Å².